The summed E-state index contributed by atoms with van der Waals surface area (Å²) in [6, 6.07) is 6.91. The van der Waals surface area contributed by atoms with Crippen molar-refractivity contribution in [3.05, 3.63) is 24.3 Å². The van der Waals surface area contributed by atoms with E-state index >= 15 is 0 Å². The second kappa shape index (κ2) is 8.36. The van der Waals surface area contributed by atoms with Crippen LogP contribution in [-0.2, 0) is 10.0 Å². The number of ether oxygens (including phenoxy) is 1. The van der Waals surface area contributed by atoms with Gasteiger partial charge in [0.2, 0.25) is 10.0 Å². The molecular formula is C15H26N2O3S. The van der Waals surface area contributed by atoms with E-state index in [0.717, 1.165) is 6.54 Å². The summed E-state index contributed by atoms with van der Waals surface area (Å²) >= 11 is 0. The van der Waals surface area contributed by atoms with Crippen molar-refractivity contribution in [2.45, 2.75) is 38.6 Å². The largest absolute Gasteiger partial charge is 0.492 e. The van der Waals surface area contributed by atoms with Crippen molar-refractivity contribution in [3.63, 3.8) is 0 Å². The first kappa shape index (κ1) is 17.9. The van der Waals surface area contributed by atoms with Gasteiger partial charge in [0.1, 0.15) is 12.4 Å². The fraction of sp³-hybridized carbons (Fsp3) is 0.600. The van der Waals surface area contributed by atoms with Gasteiger partial charge < -0.3 is 10.1 Å². The number of nitrogens with one attached hydrogen (secondary N) is 2. The molecule has 0 unspecified atom stereocenters. The maximum Gasteiger partial charge on any atom is 0.240 e. The van der Waals surface area contributed by atoms with Gasteiger partial charge in [0, 0.05) is 19.1 Å². The molecule has 6 heteroatoms. The molecule has 0 heterocycles. The zero-order valence-electron chi connectivity index (χ0n) is 13.2. The molecule has 0 saturated heterocycles. The van der Waals surface area contributed by atoms with Crippen LogP contribution in [0.5, 0.6) is 5.75 Å². The Balaban J connectivity index is 2.53. The molecular weight excluding hydrogens is 288 g/mol. The van der Waals surface area contributed by atoms with Crippen LogP contribution in [0.2, 0.25) is 0 Å². The van der Waals surface area contributed by atoms with E-state index in [9.17, 15) is 8.42 Å². The third-order valence-corrected chi connectivity index (χ3v) is 4.18. The zero-order chi connectivity index (χ0) is 15.9. The maximum absolute atomic E-state index is 12.0. The van der Waals surface area contributed by atoms with Crippen LogP contribution in [-0.4, -0.2) is 34.2 Å². The Kier molecular flexibility index (Phi) is 7.14. The topological polar surface area (TPSA) is 67.4 Å². The molecule has 120 valence electrons. The molecule has 5 nitrogen and oxygen atoms in total. The van der Waals surface area contributed by atoms with Crippen LogP contribution in [0, 0.1) is 5.92 Å². The smallest absolute Gasteiger partial charge is 0.240 e. The van der Waals surface area contributed by atoms with Gasteiger partial charge in [-0.3, -0.25) is 0 Å². The molecule has 0 radical (unpaired) electrons. The van der Waals surface area contributed by atoms with Gasteiger partial charge in [0.25, 0.3) is 0 Å². The van der Waals surface area contributed by atoms with E-state index in [0.29, 0.717) is 24.9 Å². The molecule has 0 atom stereocenters. The van der Waals surface area contributed by atoms with E-state index in [2.05, 4.69) is 23.9 Å². The number of sulfonamides is 1. The average molecular weight is 314 g/mol. The van der Waals surface area contributed by atoms with Crippen molar-refractivity contribution in [3.8, 4) is 5.75 Å². The normalized spacial score (nSPS) is 12.1. The van der Waals surface area contributed by atoms with Gasteiger partial charge in [-0.15, -0.1) is 0 Å². The summed E-state index contributed by atoms with van der Waals surface area (Å²) < 4.78 is 32.2. The standard InChI is InChI=1S/C15H26N2O3S/c1-12(2)11-17-21(18,19)15-7-5-14(6-8-15)20-10-9-16-13(3)4/h5-8,12-13,16-17H,9-11H2,1-4H3. The molecule has 2 N–H and O–H groups in total. The van der Waals surface area contributed by atoms with E-state index in [1.807, 2.05) is 13.8 Å². The zero-order valence-corrected chi connectivity index (χ0v) is 14.0. The molecule has 0 fully saturated rings. The Morgan fingerprint density at radius 1 is 1.10 bits per heavy atom. The minimum atomic E-state index is -3.43. The molecule has 21 heavy (non-hydrogen) atoms. The van der Waals surface area contributed by atoms with Crippen molar-refractivity contribution < 1.29 is 13.2 Å². The minimum Gasteiger partial charge on any atom is -0.492 e. The minimum absolute atomic E-state index is 0.260. The SMILES string of the molecule is CC(C)CNS(=O)(=O)c1ccc(OCCNC(C)C)cc1. The molecule has 0 aliphatic rings. The lowest BCUT2D eigenvalue weighted by atomic mass is 10.2. The lowest BCUT2D eigenvalue weighted by molar-refractivity contribution is 0.308. The third kappa shape index (κ3) is 6.93. The number of rotatable bonds is 9. The van der Waals surface area contributed by atoms with Crippen molar-refractivity contribution in [1.29, 1.82) is 0 Å². The summed E-state index contributed by atoms with van der Waals surface area (Å²) in [6.45, 7) is 9.81. The second-order valence-electron chi connectivity index (χ2n) is 5.67. The molecule has 0 aliphatic heterocycles. The van der Waals surface area contributed by atoms with E-state index in [4.69, 9.17) is 4.74 Å². The van der Waals surface area contributed by atoms with Crippen LogP contribution in [0.25, 0.3) is 0 Å². The Morgan fingerprint density at radius 3 is 2.24 bits per heavy atom. The summed E-state index contributed by atoms with van der Waals surface area (Å²) in [6.07, 6.45) is 0. The van der Waals surface area contributed by atoms with Crippen molar-refractivity contribution in [2.24, 2.45) is 5.92 Å². The summed E-state index contributed by atoms with van der Waals surface area (Å²) in [5, 5.41) is 3.25. The third-order valence-electron chi connectivity index (χ3n) is 2.74. The van der Waals surface area contributed by atoms with Gasteiger partial charge in [-0.25, -0.2) is 13.1 Å². The summed E-state index contributed by atoms with van der Waals surface area (Å²) in [5.41, 5.74) is 0. The predicted octanol–water partition coefficient (Wildman–Crippen LogP) is 2.00. The van der Waals surface area contributed by atoms with Gasteiger partial charge in [-0.2, -0.15) is 0 Å². The lowest BCUT2D eigenvalue weighted by Gasteiger charge is -2.11. The van der Waals surface area contributed by atoms with Crippen molar-refractivity contribution >= 4 is 10.0 Å². The molecule has 0 aliphatic carbocycles. The maximum atomic E-state index is 12.0. The molecule has 1 aromatic carbocycles. The van der Waals surface area contributed by atoms with Gasteiger partial charge in [0.15, 0.2) is 0 Å². The Hall–Kier alpha value is -1.11. The highest BCUT2D eigenvalue weighted by atomic mass is 32.2. The quantitative estimate of drug-likeness (QED) is 0.684. The Morgan fingerprint density at radius 2 is 1.71 bits per heavy atom. The molecule has 0 aromatic heterocycles. The fourth-order valence-corrected chi connectivity index (χ4v) is 2.81. The molecule has 0 bridgehead atoms. The van der Waals surface area contributed by atoms with Crippen LogP contribution >= 0.6 is 0 Å². The predicted molar refractivity (Wildman–Crippen MR) is 85.1 cm³/mol. The van der Waals surface area contributed by atoms with Crippen molar-refractivity contribution in [1.82, 2.24) is 10.0 Å². The van der Waals surface area contributed by atoms with Gasteiger partial charge in [-0.1, -0.05) is 27.7 Å². The van der Waals surface area contributed by atoms with Crippen LogP contribution in [0.4, 0.5) is 0 Å². The first-order valence-electron chi connectivity index (χ1n) is 7.27. The van der Waals surface area contributed by atoms with Crippen LogP contribution in [0.3, 0.4) is 0 Å². The van der Waals surface area contributed by atoms with E-state index < -0.39 is 10.0 Å². The van der Waals surface area contributed by atoms with Crippen LogP contribution < -0.4 is 14.8 Å². The first-order valence-corrected chi connectivity index (χ1v) is 8.75. The fourth-order valence-electron chi connectivity index (χ4n) is 1.59. The second-order valence-corrected chi connectivity index (χ2v) is 7.44. The highest BCUT2D eigenvalue weighted by Gasteiger charge is 2.13. The van der Waals surface area contributed by atoms with E-state index in [-0.39, 0.29) is 10.8 Å². The molecule has 0 spiro atoms. The van der Waals surface area contributed by atoms with Crippen LogP contribution in [0.1, 0.15) is 27.7 Å². The highest BCUT2D eigenvalue weighted by molar-refractivity contribution is 7.89. The van der Waals surface area contributed by atoms with Crippen molar-refractivity contribution in [2.75, 3.05) is 19.7 Å². The van der Waals surface area contributed by atoms with E-state index in [1.165, 1.54) is 0 Å². The first-order chi connectivity index (χ1) is 9.81. The Labute approximate surface area is 128 Å². The van der Waals surface area contributed by atoms with Gasteiger partial charge >= 0.3 is 0 Å². The van der Waals surface area contributed by atoms with E-state index in [1.54, 1.807) is 24.3 Å². The molecule has 1 rings (SSSR count). The van der Waals surface area contributed by atoms with Gasteiger partial charge in [0.05, 0.1) is 4.90 Å². The molecule has 0 amide bonds. The Bertz CT molecular complexity index is 510. The van der Waals surface area contributed by atoms with Crippen LogP contribution in [0.15, 0.2) is 29.2 Å². The summed E-state index contributed by atoms with van der Waals surface area (Å²) in [7, 11) is -3.43. The molecule has 1 aromatic rings. The summed E-state index contributed by atoms with van der Waals surface area (Å²) in [4.78, 5) is 0.260. The monoisotopic (exact) mass is 314 g/mol. The highest BCUT2D eigenvalue weighted by Crippen LogP contribution is 2.15. The number of hydrogen-bond acceptors (Lipinski definition) is 4. The average Bonchev–Trinajstić information content (AvgIpc) is 2.42. The number of hydrogen-bond donors (Lipinski definition) is 2. The molecule has 0 saturated carbocycles. The lowest BCUT2D eigenvalue weighted by Crippen LogP contribution is -2.28. The summed E-state index contributed by atoms with van der Waals surface area (Å²) in [5.74, 6) is 0.944. The van der Waals surface area contributed by atoms with Gasteiger partial charge in [-0.05, 0) is 30.2 Å². The number of benzene rings is 1.